The summed E-state index contributed by atoms with van der Waals surface area (Å²) in [6, 6.07) is 4.99. The minimum Gasteiger partial charge on any atom is -0.478 e. The van der Waals surface area contributed by atoms with Crippen molar-refractivity contribution in [2.75, 3.05) is 0 Å². The van der Waals surface area contributed by atoms with Gasteiger partial charge >= 0.3 is 16.8 Å². The molecule has 0 bridgehead atoms. The number of esters is 1. The molecule has 0 heterocycles. The highest BCUT2D eigenvalue weighted by molar-refractivity contribution is 9.10. The Kier molecular flexibility index (Phi) is 3.58. The fourth-order valence-corrected chi connectivity index (χ4v) is 0.971. The Labute approximate surface area is 97.0 Å². The molecule has 0 aliphatic rings. The van der Waals surface area contributed by atoms with Crippen LogP contribution in [0.15, 0.2) is 24.3 Å². The van der Waals surface area contributed by atoms with Crippen molar-refractivity contribution in [3.63, 3.8) is 0 Å². The highest BCUT2D eigenvalue weighted by Gasteiger charge is 2.38. The number of carboxylic acid groups (broad SMARTS) is 1. The number of benzene rings is 1. The number of alkyl halides is 3. The summed E-state index contributed by atoms with van der Waals surface area (Å²) in [5.41, 5.74) is -0.368. The van der Waals surface area contributed by atoms with Gasteiger partial charge < -0.3 is 9.84 Å². The number of carbonyl (C=O) groups is 2. The van der Waals surface area contributed by atoms with E-state index >= 15 is 0 Å². The Morgan fingerprint density at radius 3 is 2.38 bits per heavy atom. The van der Waals surface area contributed by atoms with E-state index in [2.05, 4.69) is 4.74 Å². The lowest BCUT2D eigenvalue weighted by molar-refractivity contribution is -0.149. The van der Waals surface area contributed by atoms with Crippen molar-refractivity contribution in [1.29, 1.82) is 0 Å². The van der Waals surface area contributed by atoms with Crippen molar-refractivity contribution in [3.05, 3.63) is 29.8 Å². The fourth-order valence-electron chi connectivity index (χ4n) is 0.890. The first kappa shape index (κ1) is 12.6. The van der Waals surface area contributed by atoms with Crippen molar-refractivity contribution in [3.8, 4) is 5.75 Å². The predicted molar refractivity (Wildman–Crippen MR) is 52.9 cm³/mol. The molecule has 1 N–H and O–H groups in total. The fraction of sp³-hybridized carbons (Fsp3) is 0.111. The molecule has 0 aliphatic carbocycles. The van der Waals surface area contributed by atoms with E-state index in [9.17, 15) is 18.4 Å². The largest absolute Gasteiger partial charge is 0.478 e. The third kappa shape index (κ3) is 2.99. The van der Waals surface area contributed by atoms with Gasteiger partial charge in [-0.25, -0.2) is 9.59 Å². The summed E-state index contributed by atoms with van der Waals surface area (Å²) >= 11 is 1.81. The van der Waals surface area contributed by atoms with Crippen LogP contribution < -0.4 is 4.74 Å². The molecular formula is C9H5BrF2O4. The van der Waals surface area contributed by atoms with Crippen molar-refractivity contribution in [1.82, 2.24) is 0 Å². The number of ether oxygens (including phenoxy) is 1. The maximum atomic E-state index is 12.4. The average Bonchev–Trinajstić information content (AvgIpc) is 2.16. The molecule has 0 saturated heterocycles. The molecule has 0 amide bonds. The van der Waals surface area contributed by atoms with Crippen LogP contribution in [-0.2, 0) is 4.79 Å². The SMILES string of the molecule is O=C(O)c1ccccc1OC(=O)C(F)(F)Br. The van der Waals surface area contributed by atoms with Crippen LogP contribution in [0.4, 0.5) is 8.78 Å². The van der Waals surface area contributed by atoms with Crippen LogP contribution in [0.5, 0.6) is 5.75 Å². The maximum absolute atomic E-state index is 12.4. The summed E-state index contributed by atoms with van der Waals surface area (Å²) in [6.45, 7) is 0. The molecule has 86 valence electrons. The van der Waals surface area contributed by atoms with Crippen LogP contribution in [-0.4, -0.2) is 21.9 Å². The summed E-state index contributed by atoms with van der Waals surface area (Å²) in [5, 5.41) is 8.69. The molecule has 0 aliphatic heterocycles. The van der Waals surface area contributed by atoms with Crippen molar-refractivity contribution in [2.24, 2.45) is 0 Å². The van der Waals surface area contributed by atoms with Gasteiger partial charge in [-0.3, -0.25) is 0 Å². The number of hydrogen-bond acceptors (Lipinski definition) is 3. The Morgan fingerprint density at radius 2 is 1.88 bits per heavy atom. The van der Waals surface area contributed by atoms with Gasteiger partial charge in [0.1, 0.15) is 11.3 Å². The normalized spacial score (nSPS) is 10.9. The first-order chi connectivity index (χ1) is 7.32. The minimum absolute atomic E-state index is 0.368. The quantitative estimate of drug-likeness (QED) is 0.528. The zero-order valence-corrected chi connectivity index (χ0v) is 9.20. The Bertz CT molecular complexity index is 428. The molecule has 1 aromatic carbocycles. The zero-order valence-electron chi connectivity index (χ0n) is 7.62. The van der Waals surface area contributed by atoms with Crippen molar-refractivity contribution >= 4 is 27.9 Å². The summed E-state index contributed by atoms with van der Waals surface area (Å²) in [4.78, 5) is 17.6. The summed E-state index contributed by atoms with van der Waals surface area (Å²) in [6.07, 6.45) is 0. The lowest BCUT2D eigenvalue weighted by Gasteiger charge is -2.09. The smallest absolute Gasteiger partial charge is 0.396 e. The summed E-state index contributed by atoms with van der Waals surface area (Å²) < 4.78 is 29.1. The van der Waals surface area contributed by atoms with Gasteiger partial charge in [-0.15, -0.1) is 0 Å². The van der Waals surface area contributed by atoms with E-state index in [0.29, 0.717) is 0 Å². The Morgan fingerprint density at radius 1 is 1.31 bits per heavy atom. The van der Waals surface area contributed by atoms with Gasteiger partial charge in [0.2, 0.25) is 0 Å². The second-order valence-electron chi connectivity index (χ2n) is 2.69. The predicted octanol–water partition coefficient (Wildman–Crippen LogP) is 2.28. The first-order valence-electron chi connectivity index (χ1n) is 3.93. The maximum Gasteiger partial charge on any atom is 0.396 e. The monoisotopic (exact) mass is 294 g/mol. The molecule has 1 aromatic rings. The lowest BCUT2D eigenvalue weighted by Crippen LogP contribution is -2.27. The molecule has 0 radical (unpaired) electrons. The van der Waals surface area contributed by atoms with Crippen LogP contribution in [0.1, 0.15) is 10.4 Å². The van der Waals surface area contributed by atoms with E-state index in [4.69, 9.17) is 5.11 Å². The Balaban J connectivity index is 2.98. The van der Waals surface area contributed by atoms with Gasteiger partial charge in [0.25, 0.3) is 0 Å². The van der Waals surface area contributed by atoms with Crippen LogP contribution in [0.25, 0.3) is 0 Å². The zero-order chi connectivity index (χ0) is 12.3. The van der Waals surface area contributed by atoms with Crippen molar-refractivity contribution < 1.29 is 28.2 Å². The van der Waals surface area contributed by atoms with Gasteiger partial charge in [0.05, 0.1) is 0 Å². The standard InChI is InChI=1S/C9H5BrF2O4/c10-9(11,12)8(15)16-6-4-2-1-3-5(6)7(13)14/h1-4H,(H,13,14). The molecule has 0 fully saturated rings. The van der Waals surface area contributed by atoms with E-state index in [1.54, 1.807) is 0 Å². The molecule has 1 rings (SSSR count). The number of para-hydroxylation sites is 1. The van der Waals surface area contributed by atoms with Gasteiger partial charge in [0.15, 0.2) is 0 Å². The van der Waals surface area contributed by atoms with Crippen LogP contribution in [0, 0.1) is 0 Å². The summed E-state index contributed by atoms with van der Waals surface area (Å²) in [7, 11) is 0. The molecule has 0 atom stereocenters. The molecule has 0 aromatic heterocycles. The molecule has 16 heavy (non-hydrogen) atoms. The minimum atomic E-state index is -3.85. The van der Waals surface area contributed by atoms with Crippen molar-refractivity contribution in [2.45, 2.75) is 4.83 Å². The van der Waals surface area contributed by atoms with E-state index in [-0.39, 0.29) is 5.56 Å². The second-order valence-corrected chi connectivity index (χ2v) is 3.68. The molecule has 0 saturated carbocycles. The number of aromatic carboxylic acids is 1. The van der Waals surface area contributed by atoms with Gasteiger partial charge in [-0.05, 0) is 12.1 Å². The molecule has 0 unspecified atom stereocenters. The second kappa shape index (κ2) is 4.56. The highest BCUT2D eigenvalue weighted by atomic mass is 79.9. The third-order valence-corrected chi connectivity index (χ3v) is 1.88. The van der Waals surface area contributed by atoms with E-state index in [1.807, 2.05) is 15.9 Å². The molecule has 7 heteroatoms. The summed E-state index contributed by atoms with van der Waals surface area (Å²) in [5.74, 6) is -3.68. The number of hydrogen-bond donors (Lipinski definition) is 1. The van der Waals surface area contributed by atoms with Gasteiger partial charge in [0, 0.05) is 15.9 Å². The van der Waals surface area contributed by atoms with Crippen LogP contribution in [0.3, 0.4) is 0 Å². The topological polar surface area (TPSA) is 63.6 Å². The van der Waals surface area contributed by atoms with E-state index in [0.717, 1.165) is 12.1 Å². The number of halogens is 3. The molecule has 0 spiro atoms. The third-order valence-electron chi connectivity index (χ3n) is 1.55. The van der Waals surface area contributed by atoms with E-state index in [1.165, 1.54) is 12.1 Å². The van der Waals surface area contributed by atoms with E-state index < -0.39 is 22.5 Å². The van der Waals surface area contributed by atoms with Gasteiger partial charge in [-0.1, -0.05) is 12.1 Å². The number of carboxylic acids is 1. The van der Waals surface area contributed by atoms with Gasteiger partial charge in [-0.2, -0.15) is 8.78 Å². The highest BCUT2D eigenvalue weighted by Crippen LogP contribution is 2.26. The average molecular weight is 295 g/mol. The Hall–Kier alpha value is -1.50. The molecule has 4 nitrogen and oxygen atoms in total. The van der Waals surface area contributed by atoms with Crippen LogP contribution in [0.2, 0.25) is 0 Å². The number of carbonyl (C=O) groups excluding carboxylic acids is 1. The molecular weight excluding hydrogens is 290 g/mol. The lowest BCUT2D eigenvalue weighted by atomic mass is 10.2. The van der Waals surface area contributed by atoms with Crippen LogP contribution >= 0.6 is 15.9 Å². The first-order valence-corrected chi connectivity index (χ1v) is 4.73. The number of rotatable bonds is 3.